The van der Waals surface area contributed by atoms with Crippen LogP contribution < -0.4 is 0 Å². The van der Waals surface area contributed by atoms with Crippen molar-refractivity contribution in [1.82, 2.24) is 0 Å². The van der Waals surface area contributed by atoms with E-state index in [0.717, 1.165) is 6.08 Å². The third-order valence-corrected chi connectivity index (χ3v) is 6.61. The Kier molecular flexibility index (Phi) is 4.19. The Morgan fingerprint density at radius 1 is 1.30 bits per heavy atom. The molecule has 2 saturated carbocycles. The number of hydrogen-bond acceptors (Lipinski definition) is 8. The van der Waals surface area contributed by atoms with Gasteiger partial charge in [-0.25, -0.2) is 4.79 Å². The predicted molar refractivity (Wildman–Crippen MR) is 75.6 cm³/mol. The summed E-state index contributed by atoms with van der Waals surface area (Å²) >= 11 is 0. The quantitative estimate of drug-likeness (QED) is 0.278. The molecule has 3 fully saturated rings. The molecule has 0 aromatic heterocycles. The largest absolute Gasteiger partial charge is 0.469 e. The van der Waals surface area contributed by atoms with Gasteiger partial charge in [0.05, 0.1) is 25.7 Å². The van der Waals surface area contributed by atoms with Crippen LogP contribution in [0.15, 0.2) is 12.7 Å². The van der Waals surface area contributed by atoms with Crippen LogP contribution in [0.3, 0.4) is 0 Å². The van der Waals surface area contributed by atoms with Crippen LogP contribution in [0.4, 0.5) is 0 Å². The molecular weight excluding hydrogens is 328 g/mol. The highest BCUT2D eigenvalue weighted by molar-refractivity contribution is 7.87. The molecule has 2 aliphatic carbocycles. The standard InChI is InChI=1S/C14H18O8S/c1-3-9(15)20-4-5-21-11-7-6-8-12(11)22-23(17,18)13(8)10(7)14(16)19-2/h3,7-8,10-13H,1,4-6H2,2H3. The van der Waals surface area contributed by atoms with Crippen molar-refractivity contribution in [2.45, 2.75) is 23.9 Å². The number of carbonyl (C=O) groups is 2. The minimum absolute atomic E-state index is 0.0184. The summed E-state index contributed by atoms with van der Waals surface area (Å²) in [5.41, 5.74) is 0. The SMILES string of the molecule is C=CC(=O)OCCOC1C2CC3C1OS(=O)(=O)C3C2C(=O)OC. The van der Waals surface area contributed by atoms with Gasteiger partial charge in [-0.1, -0.05) is 6.58 Å². The maximum absolute atomic E-state index is 12.1. The molecule has 1 aliphatic heterocycles. The lowest BCUT2D eigenvalue weighted by Gasteiger charge is -2.30. The molecule has 3 aliphatic rings. The van der Waals surface area contributed by atoms with E-state index in [1.165, 1.54) is 7.11 Å². The first-order chi connectivity index (χ1) is 10.9. The molecule has 9 heteroatoms. The molecule has 0 amide bonds. The fourth-order valence-corrected chi connectivity index (χ4v) is 6.10. The summed E-state index contributed by atoms with van der Waals surface area (Å²) in [7, 11) is -2.56. The fourth-order valence-electron chi connectivity index (χ4n) is 4.04. The molecule has 0 aromatic rings. The number of esters is 2. The van der Waals surface area contributed by atoms with Crippen molar-refractivity contribution in [3.05, 3.63) is 12.7 Å². The van der Waals surface area contributed by atoms with E-state index in [1.54, 1.807) is 0 Å². The molecule has 1 saturated heterocycles. The smallest absolute Gasteiger partial charge is 0.330 e. The average molecular weight is 346 g/mol. The Morgan fingerprint density at radius 3 is 2.70 bits per heavy atom. The zero-order valence-electron chi connectivity index (χ0n) is 12.5. The highest BCUT2D eigenvalue weighted by Gasteiger charge is 2.71. The van der Waals surface area contributed by atoms with Gasteiger partial charge in [-0.15, -0.1) is 0 Å². The summed E-state index contributed by atoms with van der Waals surface area (Å²) in [4.78, 5) is 23.0. The second-order valence-electron chi connectivity index (χ2n) is 5.84. The molecule has 1 heterocycles. The molecule has 0 aromatic carbocycles. The Labute approximate surface area is 133 Å². The molecular formula is C14H18O8S. The Bertz CT molecular complexity index is 627. The lowest BCUT2D eigenvalue weighted by molar-refractivity contribution is -0.151. The van der Waals surface area contributed by atoms with E-state index in [-0.39, 0.29) is 25.0 Å². The molecule has 2 bridgehead atoms. The Hall–Kier alpha value is -1.45. The second-order valence-corrected chi connectivity index (χ2v) is 7.56. The first kappa shape index (κ1) is 16.4. The number of rotatable bonds is 6. The van der Waals surface area contributed by atoms with E-state index in [1.807, 2.05) is 0 Å². The molecule has 0 radical (unpaired) electrons. The summed E-state index contributed by atoms with van der Waals surface area (Å²) < 4.78 is 44.7. The van der Waals surface area contributed by atoms with Gasteiger partial charge in [-0.2, -0.15) is 8.42 Å². The summed E-state index contributed by atoms with van der Waals surface area (Å²) in [5.74, 6) is -2.41. The first-order valence-electron chi connectivity index (χ1n) is 7.31. The summed E-state index contributed by atoms with van der Waals surface area (Å²) in [6.07, 6.45) is 0.485. The van der Waals surface area contributed by atoms with Crippen molar-refractivity contribution in [2.75, 3.05) is 20.3 Å². The van der Waals surface area contributed by atoms with Gasteiger partial charge in [0.1, 0.15) is 18.0 Å². The Morgan fingerprint density at radius 2 is 2.04 bits per heavy atom. The van der Waals surface area contributed by atoms with Crippen LogP contribution in [-0.2, 0) is 38.1 Å². The molecule has 6 unspecified atom stereocenters. The minimum atomic E-state index is -3.80. The van der Waals surface area contributed by atoms with Gasteiger partial charge in [0.2, 0.25) is 0 Å². The maximum atomic E-state index is 12.1. The number of methoxy groups -OCH3 is 1. The van der Waals surface area contributed by atoms with Gasteiger partial charge in [0.15, 0.2) is 0 Å². The number of ether oxygens (including phenoxy) is 3. The van der Waals surface area contributed by atoms with E-state index in [4.69, 9.17) is 18.4 Å². The van der Waals surface area contributed by atoms with E-state index >= 15 is 0 Å². The molecule has 128 valence electrons. The van der Waals surface area contributed by atoms with Gasteiger partial charge >= 0.3 is 11.9 Å². The van der Waals surface area contributed by atoms with Gasteiger partial charge in [-0.05, 0) is 6.42 Å². The van der Waals surface area contributed by atoms with E-state index in [0.29, 0.717) is 6.42 Å². The van der Waals surface area contributed by atoms with Crippen molar-refractivity contribution in [3.8, 4) is 0 Å². The summed E-state index contributed by atoms with van der Waals surface area (Å²) in [6.45, 7) is 3.39. The molecule has 0 spiro atoms. The van der Waals surface area contributed by atoms with Gasteiger partial charge < -0.3 is 14.2 Å². The van der Waals surface area contributed by atoms with Gasteiger partial charge in [0, 0.05) is 17.9 Å². The Balaban J connectivity index is 1.70. The fraction of sp³-hybridized carbons (Fsp3) is 0.714. The van der Waals surface area contributed by atoms with Gasteiger partial charge in [0.25, 0.3) is 10.1 Å². The van der Waals surface area contributed by atoms with Gasteiger partial charge in [-0.3, -0.25) is 8.98 Å². The van der Waals surface area contributed by atoms with Crippen molar-refractivity contribution >= 4 is 22.1 Å². The predicted octanol–water partition coefficient (Wildman–Crippen LogP) is -0.363. The monoisotopic (exact) mass is 346 g/mol. The first-order valence-corrected chi connectivity index (χ1v) is 8.78. The number of fused-ring (bicyclic) bond motifs is 1. The topological polar surface area (TPSA) is 105 Å². The average Bonchev–Trinajstić information content (AvgIpc) is 3.11. The molecule has 8 nitrogen and oxygen atoms in total. The van der Waals surface area contributed by atoms with Crippen LogP contribution in [0.1, 0.15) is 6.42 Å². The normalized spacial score (nSPS) is 39.2. The van der Waals surface area contributed by atoms with Crippen molar-refractivity contribution < 1.29 is 36.4 Å². The number of carbonyl (C=O) groups excluding carboxylic acids is 2. The molecule has 0 N–H and O–H groups in total. The zero-order chi connectivity index (χ0) is 16.8. The zero-order valence-corrected chi connectivity index (χ0v) is 13.4. The van der Waals surface area contributed by atoms with E-state index < -0.39 is 45.4 Å². The van der Waals surface area contributed by atoms with Crippen LogP contribution in [0.2, 0.25) is 0 Å². The van der Waals surface area contributed by atoms with Crippen molar-refractivity contribution in [1.29, 1.82) is 0 Å². The lowest BCUT2D eigenvalue weighted by Crippen LogP contribution is -2.45. The highest BCUT2D eigenvalue weighted by atomic mass is 32.2. The lowest BCUT2D eigenvalue weighted by atomic mass is 9.84. The third kappa shape index (κ3) is 2.56. The van der Waals surface area contributed by atoms with Crippen LogP contribution >= 0.6 is 0 Å². The summed E-state index contributed by atoms with van der Waals surface area (Å²) in [6, 6.07) is 0. The molecule has 6 atom stereocenters. The molecule has 23 heavy (non-hydrogen) atoms. The van der Waals surface area contributed by atoms with Crippen LogP contribution in [-0.4, -0.2) is 58.1 Å². The molecule has 3 rings (SSSR count). The van der Waals surface area contributed by atoms with Crippen LogP contribution in [0.25, 0.3) is 0 Å². The maximum Gasteiger partial charge on any atom is 0.330 e. The minimum Gasteiger partial charge on any atom is -0.469 e. The van der Waals surface area contributed by atoms with Crippen molar-refractivity contribution in [2.24, 2.45) is 17.8 Å². The highest BCUT2D eigenvalue weighted by Crippen LogP contribution is 2.58. The van der Waals surface area contributed by atoms with E-state index in [2.05, 4.69) is 6.58 Å². The summed E-state index contributed by atoms with van der Waals surface area (Å²) in [5, 5.41) is -0.844. The second kappa shape index (κ2) is 5.88. The number of hydrogen-bond donors (Lipinski definition) is 0. The van der Waals surface area contributed by atoms with Crippen LogP contribution in [0.5, 0.6) is 0 Å². The van der Waals surface area contributed by atoms with Crippen LogP contribution in [0, 0.1) is 17.8 Å². The third-order valence-electron chi connectivity index (χ3n) is 4.81. The van der Waals surface area contributed by atoms with E-state index in [9.17, 15) is 18.0 Å². The van der Waals surface area contributed by atoms with Crippen molar-refractivity contribution in [3.63, 3.8) is 0 Å².